The molecule has 0 aliphatic carbocycles. The van der Waals surface area contributed by atoms with Gasteiger partial charge in [-0.15, -0.1) is 0 Å². The van der Waals surface area contributed by atoms with Crippen LogP contribution < -0.4 is 4.74 Å². The van der Waals surface area contributed by atoms with Crippen molar-refractivity contribution in [1.82, 2.24) is 0 Å². The SMILES string of the molecule is C=C(C)C(=O)OC(COCC)COc1ccc(N=Nc2ccc(O)cc2)cc1. The van der Waals surface area contributed by atoms with Crippen molar-refractivity contribution in [3.05, 3.63) is 60.7 Å². The van der Waals surface area contributed by atoms with Gasteiger partial charge >= 0.3 is 5.97 Å². The van der Waals surface area contributed by atoms with E-state index in [-0.39, 0.29) is 19.0 Å². The second-order valence-corrected chi connectivity index (χ2v) is 5.99. The molecule has 0 aromatic heterocycles. The summed E-state index contributed by atoms with van der Waals surface area (Å²) >= 11 is 0. The van der Waals surface area contributed by atoms with Crippen molar-refractivity contribution in [2.24, 2.45) is 10.2 Å². The first-order chi connectivity index (χ1) is 13.5. The summed E-state index contributed by atoms with van der Waals surface area (Å²) in [6.45, 7) is 7.95. The fourth-order valence-corrected chi connectivity index (χ4v) is 2.05. The Morgan fingerprint density at radius 2 is 1.61 bits per heavy atom. The van der Waals surface area contributed by atoms with Gasteiger partial charge in [-0.05, 0) is 62.4 Å². The predicted molar refractivity (Wildman–Crippen MR) is 105 cm³/mol. The molecule has 7 nitrogen and oxygen atoms in total. The number of nitrogens with zero attached hydrogens (tertiary/aromatic N) is 2. The van der Waals surface area contributed by atoms with Crippen LogP contribution in [0.15, 0.2) is 70.9 Å². The minimum atomic E-state index is -0.530. The van der Waals surface area contributed by atoms with Crippen molar-refractivity contribution < 1.29 is 24.1 Å². The van der Waals surface area contributed by atoms with E-state index < -0.39 is 12.1 Å². The molecule has 2 aromatic carbocycles. The maximum absolute atomic E-state index is 11.7. The molecule has 0 radical (unpaired) electrons. The number of phenols is 1. The van der Waals surface area contributed by atoms with Gasteiger partial charge in [-0.3, -0.25) is 0 Å². The summed E-state index contributed by atoms with van der Waals surface area (Å²) in [5.74, 6) is 0.312. The van der Waals surface area contributed by atoms with E-state index >= 15 is 0 Å². The number of hydrogen-bond acceptors (Lipinski definition) is 7. The number of rotatable bonds is 10. The van der Waals surface area contributed by atoms with E-state index in [2.05, 4.69) is 16.8 Å². The van der Waals surface area contributed by atoms with E-state index in [4.69, 9.17) is 14.2 Å². The highest BCUT2D eigenvalue weighted by molar-refractivity contribution is 5.87. The Morgan fingerprint density at radius 1 is 1.04 bits per heavy atom. The molecule has 0 heterocycles. The number of carbonyl (C=O) groups excluding carboxylic acids is 1. The summed E-state index contributed by atoms with van der Waals surface area (Å²) in [4.78, 5) is 11.7. The third-order valence-electron chi connectivity index (χ3n) is 3.53. The Labute approximate surface area is 164 Å². The number of ether oxygens (including phenoxy) is 3. The van der Waals surface area contributed by atoms with Gasteiger partial charge in [0.25, 0.3) is 0 Å². The topological polar surface area (TPSA) is 89.7 Å². The van der Waals surface area contributed by atoms with Crippen LogP contribution in [0.2, 0.25) is 0 Å². The van der Waals surface area contributed by atoms with Crippen LogP contribution in [0.25, 0.3) is 0 Å². The van der Waals surface area contributed by atoms with Gasteiger partial charge in [0, 0.05) is 12.2 Å². The van der Waals surface area contributed by atoms with Gasteiger partial charge in [0.2, 0.25) is 0 Å². The molecule has 0 saturated heterocycles. The molecule has 7 heteroatoms. The summed E-state index contributed by atoms with van der Waals surface area (Å²) in [6.07, 6.45) is -0.530. The Hall–Kier alpha value is -3.19. The molecule has 0 saturated carbocycles. The molecule has 2 rings (SSSR count). The first kappa shape index (κ1) is 21.1. The predicted octanol–water partition coefficient (Wildman–Crippen LogP) is 4.71. The first-order valence-electron chi connectivity index (χ1n) is 8.85. The van der Waals surface area contributed by atoms with Gasteiger partial charge in [-0.1, -0.05) is 6.58 Å². The second-order valence-electron chi connectivity index (χ2n) is 5.99. The summed E-state index contributed by atoms with van der Waals surface area (Å²) in [5, 5.41) is 17.5. The van der Waals surface area contributed by atoms with Gasteiger partial charge in [0.05, 0.1) is 18.0 Å². The summed E-state index contributed by atoms with van der Waals surface area (Å²) < 4.78 is 16.3. The third kappa shape index (κ3) is 7.20. The quantitative estimate of drug-likeness (QED) is 0.364. The van der Waals surface area contributed by atoms with E-state index in [0.717, 1.165) is 0 Å². The number of benzene rings is 2. The van der Waals surface area contributed by atoms with E-state index in [1.807, 2.05) is 6.92 Å². The lowest BCUT2D eigenvalue weighted by atomic mass is 10.3. The van der Waals surface area contributed by atoms with E-state index in [1.54, 1.807) is 55.5 Å². The number of hydrogen-bond donors (Lipinski definition) is 1. The van der Waals surface area contributed by atoms with Gasteiger partial charge in [0.1, 0.15) is 18.1 Å². The molecular weight excluding hydrogens is 360 g/mol. The zero-order chi connectivity index (χ0) is 20.4. The van der Waals surface area contributed by atoms with Crippen molar-refractivity contribution in [3.63, 3.8) is 0 Å². The van der Waals surface area contributed by atoms with Crippen molar-refractivity contribution >= 4 is 17.3 Å². The van der Waals surface area contributed by atoms with Gasteiger partial charge in [-0.2, -0.15) is 10.2 Å². The van der Waals surface area contributed by atoms with E-state index in [0.29, 0.717) is 29.3 Å². The average molecular weight is 384 g/mol. The molecule has 148 valence electrons. The monoisotopic (exact) mass is 384 g/mol. The van der Waals surface area contributed by atoms with Crippen LogP contribution in [0.1, 0.15) is 13.8 Å². The van der Waals surface area contributed by atoms with Crippen molar-refractivity contribution in [2.75, 3.05) is 19.8 Å². The lowest BCUT2D eigenvalue weighted by Gasteiger charge is -2.18. The van der Waals surface area contributed by atoms with Crippen molar-refractivity contribution in [3.8, 4) is 11.5 Å². The molecule has 1 unspecified atom stereocenters. The van der Waals surface area contributed by atoms with Crippen LogP contribution >= 0.6 is 0 Å². The maximum atomic E-state index is 11.7. The average Bonchev–Trinajstić information content (AvgIpc) is 2.70. The van der Waals surface area contributed by atoms with Crippen LogP contribution in [0, 0.1) is 0 Å². The molecule has 0 spiro atoms. The smallest absolute Gasteiger partial charge is 0.333 e. The number of phenolic OH excluding ortho intramolecular Hbond substituents is 1. The van der Waals surface area contributed by atoms with Crippen LogP contribution in [0.3, 0.4) is 0 Å². The minimum absolute atomic E-state index is 0.160. The summed E-state index contributed by atoms with van der Waals surface area (Å²) in [6, 6.07) is 13.5. The standard InChI is InChI=1S/C21H24N2O5/c1-4-26-13-20(28-21(25)15(2)3)14-27-19-11-7-17(8-12-19)23-22-16-5-9-18(24)10-6-16/h5-12,20,24H,2,4,13-14H2,1,3H3. The Morgan fingerprint density at radius 3 is 2.14 bits per heavy atom. The molecular formula is C21H24N2O5. The Bertz CT molecular complexity index is 801. The highest BCUT2D eigenvalue weighted by atomic mass is 16.6. The van der Waals surface area contributed by atoms with Crippen LogP contribution in [0.5, 0.6) is 11.5 Å². The number of azo groups is 1. The van der Waals surface area contributed by atoms with E-state index in [1.165, 1.54) is 0 Å². The fraction of sp³-hybridized carbons (Fsp3) is 0.286. The van der Waals surface area contributed by atoms with Crippen LogP contribution in [-0.2, 0) is 14.3 Å². The number of aromatic hydroxyl groups is 1. The Kier molecular flexibility index (Phi) is 8.17. The first-order valence-corrected chi connectivity index (χ1v) is 8.85. The van der Waals surface area contributed by atoms with Gasteiger partial charge < -0.3 is 19.3 Å². The lowest BCUT2D eigenvalue weighted by Crippen LogP contribution is -2.30. The third-order valence-corrected chi connectivity index (χ3v) is 3.53. The normalized spacial score (nSPS) is 11.9. The van der Waals surface area contributed by atoms with Crippen LogP contribution in [0.4, 0.5) is 11.4 Å². The molecule has 1 atom stereocenters. The van der Waals surface area contributed by atoms with Crippen molar-refractivity contribution in [2.45, 2.75) is 20.0 Å². The Balaban J connectivity index is 1.91. The second kappa shape index (κ2) is 10.8. The van der Waals surface area contributed by atoms with Gasteiger partial charge in [0.15, 0.2) is 6.10 Å². The highest BCUT2D eigenvalue weighted by Crippen LogP contribution is 2.22. The molecule has 2 aromatic rings. The summed E-state index contributed by atoms with van der Waals surface area (Å²) in [5.41, 5.74) is 1.61. The molecule has 28 heavy (non-hydrogen) atoms. The lowest BCUT2D eigenvalue weighted by molar-refractivity contribution is -0.149. The molecule has 0 fully saturated rings. The van der Waals surface area contributed by atoms with Crippen molar-refractivity contribution in [1.29, 1.82) is 0 Å². The molecule has 1 N–H and O–H groups in total. The number of esters is 1. The zero-order valence-electron chi connectivity index (χ0n) is 16.0. The molecule has 0 bridgehead atoms. The van der Waals surface area contributed by atoms with Gasteiger partial charge in [-0.25, -0.2) is 4.79 Å². The molecule has 0 aliphatic rings. The fourth-order valence-electron chi connectivity index (χ4n) is 2.05. The minimum Gasteiger partial charge on any atom is -0.508 e. The summed E-state index contributed by atoms with van der Waals surface area (Å²) in [7, 11) is 0. The molecule has 0 amide bonds. The largest absolute Gasteiger partial charge is 0.508 e. The molecule has 0 aliphatic heterocycles. The van der Waals surface area contributed by atoms with E-state index in [9.17, 15) is 9.90 Å². The zero-order valence-corrected chi connectivity index (χ0v) is 16.0. The highest BCUT2D eigenvalue weighted by Gasteiger charge is 2.16. The number of carbonyl (C=O) groups is 1. The maximum Gasteiger partial charge on any atom is 0.333 e. The van der Waals surface area contributed by atoms with Crippen LogP contribution in [-0.4, -0.2) is 37.0 Å².